The first-order chi connectivity index (χ1) is 29.7. The Hall–Kier alpha value is -6.00. The van der Waals surface area contributed by atoms with Gasteiger partial charge in [0.15, 0.2) is 0 Å². The van der Waals surface area contributed by atoms with Gasteiger partial charge in [-0.05, 0) is 134 Å². The minimum Gasteiger partial charge on any atom is -0.335 e. The number of aryl methyl sites for hydroxylation is 3. The summed E-state index contributed by atoms with van der Waals surface area (Å²) >= 11 is 0. The van der Waals surface area contributed by atoms with Crippen molar-refractivity contribution in [3.8, 4) is 0 Å². The Kier molecular flexibility index (Phi) is 7.08. The highest BCUT2D eigenvalue weighted by Gasteiger charge is 2.65. The van der Waals surface area contributed by atoms with Crippen LogP contribution in [0, 0.1) is 13.8 Å². The van der Waals surface area contributed by atoms with Gasteiger partial charge in [0.25, 0.3) is 6.71 Å². The molecule has 298 valence electrons. The zero-order valence-corrected chi connectivity index (χ0v) is 36.1. The fourth-order valence-electron chi connectivity index (χ4n) is 14.2. The topological polar surface area (TPSA) is 9.72 Å². The largest absolute Gasteiger partial charge is 0.335 e. The average Bonchev–Trinajstić information content (AvgIpc) is 3.66. The molecule has 0 aromatic heterocycles. The van der Waals surface area contributed by atoms with Gasteiger partial charge < -0.3 is 14.7 Å². The van der Waals surface area contributed by atoms with E-state index >= 15 is 0 Å². The highest BCUT2D eigenvalue weighted by Crippen LogP contribution is 2.67. The second-order valence-electron chi connectivity index (χ2n) is 19.8. The molecular formula is C57H52BN3. The minimum absolute atomic E-state index is 0.0837. The maximum absolute atomic E-state index is 2.91. The second-order valence-corrected chi connectivity index (χ2v) is 19.8. The molecule has 0 spiro atoms. The molecule has 7 aromatic rings. The minimum atomic E-state index is -0.310. The lowest BCUT2D eigenvalue weighted by Crippen LogP contribution is -2.65. The second kappa shape index (κ2) is 12.1. The predicted octanol–water partition coefficient (Wildman–Crippen LogP) is 12.0. The highest BCUT2D eigenvalue weighted by molar-refractivity contribution is 7.00. The van der Waals surface area contributed by atoms with Crippen LogP contribution in [0.1, 0.15) is 91.8 Å². The molecule has 0 amide bonds. The summed E-state index contributed by atoms with van der Waals surface area (Å²) in [6, 6.07) is 59.4. The molecule has 4 heteroatoms. The Bertz CT molecular complexity index is 2990. The summed E-state index contributed by atoms with van der Waals surface area (Å²) in [5, 5.41) is 0. The summed E-state index contributed by atoms with van der Waals surface area (Å²) < 4.78 is 0. The summed E-state index contributed by atoms with van der Waals surface area (Å²) in [5.74, 6) is 0. The van der Waals surface area contributed by atoms with Crippen molar-refractivity contribution in [2.24, 2.45) is 0 Å². The van der Waals surface area contributed by atoms with E-state index in [1.807, 2.05) is 0 Å². The molecule has 0 bridgehead atoms. The Morgan fingerprint density at radius 3 is 2.05 bits per heavy atom. The van der Waals surface area contributed by atoms with Crippen LogP contribution in [0.4, 0.5) is 39.8 Å². The number of benzene rings is 7. The molecule has 6 aliphatic rings. The summed E-state index contributed by atoms with van der Waals surface area (Å²) in [7, 11) is 0. The molecule has 1 fully saturated rings. The van der Waals surface area contributed by atoms with Crippen LogP contribution >= 0.6 is 0 Å². The van der Waals surface area contributed by atoms with Gasteiger partial charge in [0, 0.05) is 50.6 Å². The van der Waals surface area contributed by atoms with Crippen LogP contribution in [0.15, 0.2) is 152 Å². The molecule has 0 saturated heterocycles. The Morgan fingerprint density at radius 1 is 0.508 bits per heavy atom. The van der Waals surface area contributed by atoms with Crippen molar-refractivity contribution < 1.29 is 0 Å². The number of anilines is 7. The van der Waals surface area contributed by atoms with Crippen LogP contribution in [-0.2, 0) is 22.8 Å². The van der Waals surface area contributed by atoms with E-state index in [0.29, 0.717) is 0 Å². The molecule has 4 unspecified atom stereocenters. The Labute approximate surface area is 361 Å². The number of nitrogens with zero attached hydrogens (tertiary/aromatic N) is 3. The molecule has 1 saturated carbocycles. The van der Waals surface area contributed by atoms with Gasteiger partial charge in [0.2, 0.25) is 0 Å². The molecule has 0 radical (unpaired) electrons. The summed E-state index contributed by atoms with van der Waals surface area (Å²) in [5.41, 5.74) is 22.7. The third-order valence-electron chi connectivity index (χ3n) is 17.1. The number of hydrogen-bond donors (Lipinski definition) is 0. The number of hydrogen-bond acceptors (Lipinski definition) is 3. The lowest BCUT2D eigenvalue weighted by Gasteiger charge is -2.55. The molecule has 4 atom stereocenters. The van der Waals surface area contributed by atoms with Crippen LogP contribution in [-0.4, -0.2) is 12.3 Å². The average molecular weight is 790 g/mol. The van der Waals surface area contributed by atoms with Gasteiger partial charge in [-0.3, -0.25) is 0 Å². The molecule has 4 aliphatic heterocycles. The lowest BCUT2D eigenvalue weighted by molar-refractivity contribution is 0.215. The van der Waals surface area contributed by atoms with E-state index < -0.39 is 0 Å². The van der Waals surface area contributed by atoms with E-state index in [9.17, 15) is 0 Å². The Balaban J connectivity index is 1.17. The fraction of sp³-hybridized carbons (Fsp3) is 0.263. The van der Waals surface area contributed by atoms with Crippen LogP contribution < -0.4 is 31.1 Å². The molecule has 4 heterocycles. The summed E-state index contributed by atoms with van der Waals surface area (Å²) in [6.45, 7) is 12.3. The van der Waals surface area contributed by atoms with Crippen molar-refractivity contribution in [3.05, 3.63) is 191 Å². The third kappa shape index (κ3) is 4.22. The van der Waals surface area contributed by atoms with Gasteiger partial charge in [-0.2, -0.15) is 0 Å². The summed E-state index contributed by atoms with van der Waals surface area (Å²) in [4.78, 5) is 8.31. The van der Waals surface area contributed by atoms with E-state index in [1.165, 1.54) is 108 Å². The molecule has 0 N–H and O–H groups in total. The van der Waals surface area contributed by atoms with Crippen LogP contribution in [0.5, 0.6) is 0 Å². The number of rotatable bonds is 3. The van der Waals surface area contributed by atoms with E-state index in [4.69, 9.17) is 0 Å². The van der Waals surface area contributed by atoms with Crippen LogP contribution in [0.2, 0.25) is 0 Å². The van der Waals surface area contributed by atoms with Crippen LogP contribution in [0.3, 0.4) is 0 Å². The van der Waals surface area contributed by atoms with Crippen molar-refractivity contribution >= 4 is 62.9 Å². The monoisotopic (exact) mass is 789 g/mol. The third-order valence-corrected chi connectivity index (χ3v) is 17.1. The first kappa shape index (κ1) is 35.7. The number of para-hydroxylation sites is 2. The van der Waals surface area contributed by atoms with Gasteiger partial charge in [-0.25, -0.2) is 0 Å². The lowest BCUT2D eigenvalue weighted by atomic mass is 9.33. The van der Waals surface area contributed by atoms with E-state index in [1.54, 1.807) is 0 Å². The molecule has 61 heavy (non-hydrogen) atoms. The van der Waals surface area contributed by atoms with E-state index in [2.05, 4.69) is 201 Å². The van der Waals surface area contributed by atoms with Gasteiger partial charge in [-0.15, -0.1) is 0 Å². The smallest absolute Gasteiger partial charge is 0.252 e. The van der Waals surface area contributed by atoms with Crippen LogP contribution in [0.25, 0.3) is 0 Å². The van der Waals surface area contributed by atoms with E-state index in [0.717, 1.165) is 25.7 Å². The fourth-order valence-corrected chi connectivity index (χ4v) is 14.2. The van der Waals surface area contributed by atoms with Gasteiger partial charge in [0.1, 0.15) is 0 Å². The SMILES string of the molecule is Cc1ccc(N2c3ccc(C)cc3B3c4cccc5c4N(c4cc(N6c7ccccc7C7(C)CCc8ccccc8C67C)cc2c43)C2(C)CCCCC52c2ccccc2)cc1. The van der Waals surface area contributed by atoms with Gasteiger partial charge >= 0.3 is 0 Å². The molecule has 2 aliphatic carbocycles. The molecule has 13 rings (SSSR count). The highest BCUT2D eigenvalue weighted by atomic mass is 15.3. The van der Waals surface area contributed by atoms with Crippen molar-refractivity contribution in [2.45, 2.75) is 95.1 Å². The first-order valence-corrected chi connectivity index (χ1v) is 22.8. The van der Waals surface area contributed by atoms with Crippen molar-refractivity contribution in [3.63, 3.8) is 0 Å². The van der Waals surface area contributed by atoms with Crippen molar-refractivity contribution in [1.82, 2.24) is 0 Å². The normalized spacial score (nSPS) is 25.9. The zero-order chi connectivity index (χ0) is 41.0. The molecular weight excluding hydrogens is 737 g/mol. The Morgan fingerprint density at radius 2 is 1.21 bits per heavy atom. The first-order valence-electron chi connectivity index (χ1n) is 22.8. The predicted molar refractivity (Wildman–Crippen MR) is 256 cm³/mol. The number of fused-ring (bicyclic) bond motifs is 12. The maximum atomic E-state index is 2.91. The van der Waals surface area contributed by atoms with Gasteiger partial charge in [-0.1, -0.05) is 146 Å². The molecule has 3 nitrogen and oxygen atoms in total. The maximum Gasteiger partial charge on any atom is 0.252 e. The van der Waals surface area contributed by atoms with E-state index in [-0.39, 0.29) is 28.6 Å². The van der Waals surface area contributed by atoms with Crippen molar-refractivity contribution in [1.29, 1.82) is 0 Å². The van der Waals surface area contributed by atoms with Gasteiger partial charge in [0.05, 0.1) is 11.1 Å². The quantitative estimate of drug-likeness (QED) is 0.165. The van der Waals surface area contributed by atoms with Crippen molar-refractivity contribution in [2.75, 3.05) is 14.7 Å². The molecule has 7 aromatic carbocycles. The zero-order valence-electron chi connectivity index (χ0n) is 36.1. The standard InChI is InChI=1S/C57H52BN3/c1-37-24-27-41(28-25-37)59-49-29-26-38(2)34-47(49)58-46-22-15-21-45-53(46)61(55(4)31-13-14-32-57(45,55)40-17-7-6-8-18-40)51-36-42(35-50(59)52(51)58)60-48-23-12-11-20-44(48)54(3)33-30-39-16-9-10-19-43(39)56(54,60)5/h6-12,15-29,34-36H,13-14,30-33H2,1-5H3. The summed E-state index contributed by atoms with van der Waals surface area (Å²) in [6.07, 6.45) is 6.93.